The van der Waals surface area contributed by atoms with Crippen LogP contribution in [-0.2, 0) is 14.9 Å². The number of guanidine groups is 1. The van der Waals surface area contributed by atoms with Crippen LogP contribution in [0.3, 0.4) is 0 Å². The number of halogens is 3. The summed E-state index contributed by atoms with van der Waals surface area (Å²) in [5.41, 5.74) is -0.289. The molecule has 0 atom stereocenters. The van der Waals surface area contributed by atoms with Gasteiger partial charge in [-0.15, -0.1) is 24.0 Å². The first-order valence-electron chi connectivity index (χ1n) is 11.1. The monoisotopic (exact) mass is 551 g/mol. The standard InChI is InChI=1S/C23H35F2N3O2.HI/c1-26-22(28-13-9-18(10-14-28)30-16-6-15-29-2)27-17-23(11-3-4-12-23)21-19(24)7-5-8-20(21)25;/h5,7-8,18H,3-4,6,9-17H2,1-2H3,(H,26,27);1H. The van der Waals surface area contributed by atoms with E-state index in [-0.39, 0.29) is 35.6 Å². The van der Waals surface area contributed by atoms with Gasteiger partial charge in [-0.3, -0.25) is 4.99 Å². The molecule has 8 heteroatoms. The molecule has 0 amide bonds. The predicted octanol–water partition coefficient (Wildman–Crippen LogP) is 4.49. The molecule has 0 radical (unpaired) electrons. The number of likely N-dealkylation sites (tertiary alicyclic amines) is 1. The quantitative estimate of drug-likeness (QED) is 0.224. The first-order valence-corrected chi connectivity index (χ1v) is 11.1. The summed E-state index contributed by atoms with van der Waals surface area (Å²) in [4.78, 5) is 6.66. The van der Waals surface area contributed by atoms with Gasteiger partial charge in [0.15, 0.2) is 5.96 Å². The second-order valence-corrected chi connectivity index (χ2v) is 8.39. The normalized spacial score (nSPS) is 19.4. The van der Waals surface area contributed by atoms with Gasteiger partial charge in [-0.05, 0) is 44.2 Å². The predicted molar refractivity (Wildman–Crippen MR) is 130 cm³/mol. The number of nitrogens with one attached hydrogen (secondary N) is 1. The number of benzene rings is 1. The van der Waals surface area contributed by atoms with Crippen LogP contribution in [-0.4, -0.2) is 64.0 Å². The van der Waals surface area contributed by atoms with Crippen molar-refractivity contribution in [3.8, 4) is 0 Å². The Balaban J connectivity index is 0.00000341. The molecule has 1 aliphatic heterocycles. The Hall–Kier alpha value is -1.00. The molecule has 1 aliphatic carbocycles. The molecule has 1 aromatic carbocycles. The summed E-state index contributed by atoms with van der Waals surface area (Å²) < 4.78 is 40.1. The van der Waals surface area contributed by atoms with Crippen molar-refractivity contribution in [1.82, 2.24) is 10.2 Å². The van der Waals surface area contributed by atoms with Gasteiger partial charge in [-0.2, -0.15) is 0 Å². The average molecular weight is 551 g/mol. The Labute approximate surface area is 202 Å². The minimum Gasteiger partial charge on any atom is -0.385 e. The lowest BCUT2D eigenvalue weighted by Crippen LogP contribution is -2.50. The smallest absolute Gasteiger partial charge is 0.193 e. The molecule has 3 rings (SSSR count). The van der Waals surface area contributed by atoms with Crippen LogP contribution in [0.1, 0.15) is 50.5 Å². The van der Waals surface area contributed by atoms with Crippen molar-refractivity contribution < 1.29 is 18.3 Å². The number of hydrogen-bond donors (Lipinski definition) is 1. The van der Waals surface area contributed by atoms with Gasteiger partial charge in [0, 0.05) is 58.0 Å². The zero-order valence-corrected chi connectivity index (χ0v) is 21.0. The molecule has 1 saturated carbocycles. The van der Waals surface area contributed by atoms with Crippen LogP contribution in [0, 0.1) is 11.6 Å². The lowest BCUT2D eigenvalue weighted by molar-refractivity contribution is 0.00986. The fraction of sp³-hybridized carbons (Fsp3) is 0.696. The molecule has 0 bridgehead atoms. The van der Waals surface area contributed by atoms with E-state index in [0.717, 1.165) is 77.2 Å². The van der Waals surface area contributed by atoms with E-state index in [9.17, 15) is 8.78 Å². The highest BCUT2D eigenvalue weighted by Gasteiger charge is 2.40. The molecule has 1 heterocycles. The van der Waals surface area contributed by atoms with Gasteiger partial charge in [-0.25, -0.2) is 8.78 Å². The van der Waals surface area contributed by atoms with Crippen LogP contribution in [0.15, 0.2) is 23.2 Å². The highest BCUT2D eigenvalue weighted by molar-refractivity contribution is 14.0. The number of ether oxygens (including phenoxy) is 2. The largest absolute Gasteiger partial charge is 0.385 e. The first-order chi connectivity index (χ1) is 14.6. The van der Waals surface area contributed by atoms with E-state index in [2.05, 4.69) is 15.2 Å². The Kier molecular flexibility index (Phi) is 10.9. The zero-order valence-electron chi connectivity index (χ0n) is 18.7. The summed E-state index contributed by atoms with van der Waals surface area (Å²) in [6.07, 6.45) is 6.61. The SMILES string of the molecule is CN=C(NCC1(c2c(F)cccc2F)CCCC1)N1CCC(OCCCOC)CC1.I. The van der Waals surface area contributed by atoms with Crippen LogP contribution < -0.4 is 5.32 Å². The van der Waals surface area contributed by atoms with Crippen LogP contribution >= 0.6 is 24.0 Å². The summed E-state index contributed by atoms with van der Waals surface area (Å²) in [5, 5.41) is 3.43. The Morgan fingerprint density at radius 1 is 1.16 bits per heavy atom. The summed E-state index contributed by atoms with van der Waals surface area (Å²) >= 11 is 0. The van der Waals surface area contributed by atoms with Crippen LogP contribution in [0.2, 0.25) is 0 Å². The maximum Gasteiger partial charge on any atom is 0.193 e. The third kappa shape index (κ3) is 6.74. The van der Waals surface area contributed by atoms with Crippen molar-refractivity contribution >= 4 is 29.9 Å². The number of piperidine rings is 1. The van der Waals surface area contributed by atoms with Crippen molar-refractivity contribution in [2.45, 2.75) is 56.5 Å². The van der Waals surface area contributed by atoms with E-state index < -0.39 is 17.0 Å². The fourth-order valence-corrected chi connectivity index (χ4v) is 4.84. The lowest BCUT2D eigenvalue weighted by atomic mass is 9.78. The molecule has 0 aromatic heterocycles. The molecular formula is C23H36F2IN3O2. The third-order valence-electron chi connectivity index (χ3n) is 6.44. The Morgan fingerprint density at radius 2 is 1.81 bits per heavy atom. The van der Waals surface area contributed by atoms with Crippen molar-refractivity contribution in [2.24, 2.45) is 4.99 Å². The second-order valence-electron chi connectivity index (χ2n) is 8.39. The average Bonchev–Trinajstić information content (AvgIpc) is 3.22. The fourth-order valence-electron chi connectivity index (χ4n) is 4.84. The topological polar surface area (TPSA) is 46.1 Å². The van der Waals surface area contributed by atoms with Crippen LogP contribution in [0.4, 0.5) is 8.78 Å². The molecule has 1 saturated heterocycles. The van der Waals surface area contributed by atoms with E-state index >= 15 is 0 Å². The van der Waals surface area contributed by atoms with Crippen LogP contribution in [0.5, 0.6) is 0 Å². The van der Waals surface area contributed by atoms with Gasteiger partial charge in [0.05, 0.1) is 6.10 Å². The molecule has 2 fully saturated rings. The van der Waals surface area contributed by atoms with Crippen molar-refractivity contribution in [1.29, 1.82) is 0 Å². The van der Waals surface area contributed by atoms with Gasteiger partial charge < -0.3 is 19.7 Å². The zero-order chi connectivity index (χ0) is 21.4. The Morgan fingerprint density at radius 3 is 2.39 bits per heavy atom. The summed E-state index contributed by atoms with van der Waals surface area (Å²) in [5.74, 6) is -0.0869. The highest BCUT2D eigenvalue weighted by atomic mass is 127. The minimum absolute atomic E-state index is 0. The van der Waals surface area contributed by atoms with E-state index in [4.69, 9.17) is 9.47 Å². The summed E-state index contributed by atoms with van der Waals surface area (Å²) in [6, 6.07) is 4.17. The summed E-state index contributed by atoms with van der Waals surface area (Å²) in [7, 11) is 3.47. The van der Waals surface area contributed by atoms with E-state index in [1.807, 2.05) is 0 Å². The number of rotatable bonds is 8. The third-order valence-corrected chi connectivity index (χ3v) is 6.44. The summed E-state index contributed by atoms with van der Waals surface area (Å²) in [6.45, 7) is 3.65. The second kappa shape index (κ2) is 12.9. The first kappa shape index (κ1) is 26.3. The maximum atomic E-state index is 14.6. The molecular weight excluding hydrogens is 515 g/mol. The van der Waals surface area contributed by atoms with Crippen molar-refractivity contribution in [3.63, 3.8) is 0 Å². The van der Waals surface area contributed by atoms with E-state index in [0.29, 0.717) is 6.54 Å². The molecule has 31 heavy (non-hydrogen) atoms. The molecule has 0 spiro atoms. The van der Waals surface area contributed by atoms with E-state index in [1.165, 1.54) is 18.2 Å². The molecule has 1 N–H and O–H groups in total. The van der Waals surface area contributed by atoms with E-state index in [1.54, 1.807) is 14.2 Å². The van der Waals surface area contributed by atoms with Gasteiger partial charge in [0.2, 0.25) is 0 Å². The highest BCUT2D eigenvalue weighted by Crippen LogP contribution is 2.42. The maximum absolute atomic E-state index is 14.6. The number of methoxy groups -OCH3 is 1. The van der Waals surface area contributed by atoms with Gasteiger partial charge in [0.1, 0.15) is 11.6 Å². The molecule has 176 valence electrons. The van der Waals surface area contributed by atoms with Gasteiger partial charge in [-0.1, -0.05) is 18.9 Å². The number of hydrogen-bond acceptors (Lipinski definition) is 3. The lowest BCUT2D eigenvalue weighted by Gasteiger charge is -2.36. The van der Waals surface area contributed by atoms with Crippen molar-refractivity contribution in [3.05, 3.63) is 35.4 Å². The van der Waals surface area contributed by atoms with Crippen molar-refractivity contribution in [2.75, 3.05) is 47.0 Å². The molecule has 1 aromatic rings. The van der Waals surface area contributed by atoms with Gasteiger partial charge >= 0.3 is 0 Å². The Bertz CT molecular complexity index is 686. The number of aliphatic imine (C=N–C) groups is 1. The minimum atomic E-state index is -0.520. The van der Waals surface area contributed by atoms with Gasteiger partial charge in [0.25, 0.3) is 0 Å². The molecule has 5 nitrogen and oxygen atoms in total. The van der Waals surface area contributed by atoms with Crippen LogP contribution in [0.25, 0.3) is 0 Å². The molecule has 0 unspecified atom stereocenters. The number of nitrogens with zero attached hydrogens (tertiary/aromatic N) is 2. The molecule has 2 aliphatic rings.